The third-order valence-electron chi connectivity index (χ3n) is 3.77. The molecule has 1 aliphatic rings. The number of nitrogens with zero attached hydrogens (tertiary/aromatic N) is 5. The van der Waals surface area contributed by atoms with Crippen molar-refractivity contribution in [3.8, 4) is 5.88 Å². The highest BCUT2D eigenvalue weighted by Crippen LogP contribution is 2.27. The Bertz CT molecular complexity index is 927. The average molecular weight is 421 g/mol. The lowest BCUT2D eigenvalue weighted by Crippen LogP contribution is -2.44. The molecule has 3 heterocycles. The molecule has 0 aliphatic carbocycles. The second-order valence-corrected chi connectivity index (χ2v) is 8.85. The molecule has 1 fully saturated rings. The number of hydrogen-bond donors (Lipinski definition) is 0. The molecule has 30 heavy (non-hydrogen) atoms. The van der Waals surface area contributed by atoms with Gasteiger partial charge >= 0.3 is 12.2 Å². The summed E-state index contributed by atoms with van der Waals surface area (Å²) in [5.41, 5.74) is -0.910. The van der Waals surface area contributed by atoms with Crippen molar-refractivity contribution >= 4 is 29.3 Å². The lowest BCUT2D eigenvalue weighted by atomic mass is 10.2. The third-order valence-corrected chi connectivity index (χ3v) is 3.77. The molecule has 2 aromatic heterocycles. The Kier molecular flexibility index (Phi) is 5.59. The first kappa shape index (κ1) is 21.8. The van der Waals surface area contributed by atoms with E-state index in [-0.39, 0.29) is 17.9 Å². The molecule has 0 N–H and O–H groups in total. The van der Waals surface area contributed by atoms with Gasteiger partial charge in [0.05, 0.1) is 32.7 Å². The molecule has 2 aromatic rings. The maximum atomic E-state index is 12.9. The van der Waals surface area contributed by atoms with Crippen molar-refractivity contribution in [2.45, 2.75) is 65.4 Å². The summed E-state index contributed by atoms with van der Waals surface area (Å²) in [6, 6.07) is 0. The topological polar surface area (TPSA) is 121 Å². The number of epoxide rings is 1. The zero-order valence-corrected chi connectivity index (χ0v) is 18.3. The van der Waals surface area contributed by atoms with E-state index in [1.807, 2.05) is 0 Å². The molecular formula is C19H27N5O6. The van der Waals surface area contributed by atoms with Gasteiger partial charge in [-0.25, -0.2) is 14.6 Å². The van der Waals surface area contributed by atoms with Crippen LogP contribution >= 0.6 is 0 Å². The van der Waals surface area contributed by atoms with E-state index in [2.05, 4.69) is 15.0 Å². The quantitative estimate of drug-likeness (QED) is 0.686. The number of imide groups is 1. The average Bonchev–Trinajstić information content (AvgIpc) is 3.30. The Morgan fingerprint density at radius 3 is 2.17 bits per heavy atom. The zero-order valence-electron chi connectivity index (χ0n) is 18.3. The van der Waals surface area contributed by atoms with Crippen molar-refractivity contribution in [1.29, 1.82) is 0 Å². The first-order valence-electron chi connectivity index (χ1n) is 9.52. The van der Waals surface area contributed by atoms with E-state index in [9.17, 15) is 9.59 Å². The number of ether oxygens (including phenoxy) is 4. The van der Waals surface area contributed by atoms with Gasteiger partial charge in [0.1, 0.15) is 11.2 Å². The van der Waals surface area contributed by atoms with Gasteiger partial charge in [-0.1, -0.05) is 0 Å². The highest BCUT2D eigenvalue weighted by Gasteiger charge is 2.36. The van der Waals surface area contributed by atoms with Crippen molar-refractivity contribution < 1.29 is 28.5 Å². The first-order chi connectivity index (χ1) is 13.9. The van der Waals surface area contributed by atoms with Gasteiger partial charge in [-0.2, -0.15) is 9.97 Å². The van der Waals surface area contributed by atoms with Gasteiger partial charge in [0.2, 0.25) is 11.8 Å². The highest BCUT2D eigenvalue weighted by atomic mass is 16.6. The summed E-state index contributed by atoms with van der Waals surface area (Å²) < 4.78 is 23.1. The van der Waals surface area contributed by atoms with Gasteiger partial charge in [0.15, 0.2) is 11.2 Å². The summed E-state index contributed by atoms with van der Waals surface area (Å²) >= 11 is 0. The molecule has 1 atom stereocenters. The van der Waals surface area contributed by atoms with E-state index in [4.69, 9.17) is 18.9 Å². The van der Waals surface area contributed by atoms with Crippen LogP contribution in [0.5, 0.6) is 5.88 Å². The van der Waals surface area contributed by atoms with Crippen molar-refractivity contribution in [2.24, 2.45) is 0 Å². The van der Waals surface area contributed by atoms with E-state index < -0.39 is 23.4 Å². The number of amides is 2. The molecule has 11 nitrogen and oxygen atoms in total. The van der Waals surface area contributed by atoms with Crippen LogP contribution in [0.1, 0.15) is 41.5 Å². The van der Waals surface area contributed by atoms with Crippen LogP contribution in [0.25, 0.3) is 11.2 Å². The van der Waals surface area contributed by atoms with Crippen molar-refractivity contribution in [3.05, 3.63) is 6.33 Å². The van der Waals surface area contributed by atoms with E-state index in [1.54, 1.807) is 52.4 Å². The Labute approximate surface area is 174 Å². The lowest BCUT2D eigenvalue weighted by molar-refractivity contribution is 0.0427. The SMILES string of the molecule is COc1nc(N(C(=O)OC(C)(C)C)C(=O)OC(C)(C)C)nc2c1ncn2C[C@@H]1CO1. The smallest absolute Gasteiger partial charge is 0.427 e. The molecule has 0 saturated carbocycles. The molecule has 3 rings (SSSR count). The van der Waals surface area contributed by atoms with Crippen LogP contribution in [0.15, 0.2) is 6.33 Å². The van der Waals surface area contributed by atoms with Crippen molar-refractivity contribution in [1.82, 2.24) is 19.5 Å². The Morgan fingerprint density at radius 2 is 1.70 bits per heavy atom. The normalized spacial score (nSPS) is 16.3. The molecule has 0 bridgehead atoms. The van der Waals surface area contributed by atoms with Gasteiger partial charge in [-0.15, -0.1) is 4.90 Å². The highest BCUT2D eigenvalue weighted by molar-refractivity contribution is 6.08. The predicted octanol–water partition coefficient (Wildman–Crippen LogP) is 2.91. The van der Waals surface area contributed by atoms with Gasteiger partial charge in [-0.3, -0.25) is 0 Å². The largest absolute Gasteiger partial charge is 0.479 e. The van der Waals surface area contributed by atoms with Crippen molar-refractivity contribution in [3.63, 3.8) is 0 Å². The van der Waals surface area contributed by atoms with Gasteiger partial charge < -0.3 is 23.5 Å². The van der Waals surface area contributed by atoms with E-state index in [0.717, 1.165) is 0 Å². The number of rotatable bonds is 4. The summed E-state index contributed by atoms with van der Waals surface area (Å²) in [5.74, 6) is -0.121. The molecule has 2 amide bonds. The van der Waals surface area contributed by atoms with Gasteiger partial charge in [0, 0.05) is 0 Å². The van der Waals surface area contributed by atoms with Crippen molar-refractivity contribution in [2.75, 3.05) is 18.6 Å². The Balaban J connectivity index is 2.08. The fourth-order valence-electron chi connectivity index (χ4n) is 2.53. The number of methoxy groups -OCH3 is 1. The molecular weight excluding hydrogens is 394 g/mol. The number of anilines is 1. The van der Waals surface area contributed by atoms with Crippen LogP contribution in [0, 0.1) is 0 Å². The predicted molar refractivity (Wildman–Crippen MR) is 107 cm³/mol. The van der Waals surface area contributed by atoms with Crippen LogP contribution in [-0.2, 0) is 20.8 Å². The fourth-order valence-corrected chi connectivity index (χ4v) is 2.53. The maximum absolute atomic E-state index is 12.9. The number of carbonyl (C=O) groups is 2. The minimum Gasteiger partial charge on any atom is -0.479 e. The maximum Gasteiger partial charge on any atom is 0.427 e. The zero-order chi connectivity index (χ0) is 22.3. The van der Waals surface area contributed by atoms with Crippen LogP contribution in [0.2, 0.25) is 0 Å². The number of fused-ring (bicyclic) bond motifs is 1. The molecule has 0 aromatic carbocycles. The number of imidazole rings is 1. The summed E-state index contributed by atoms with van der Waals surface area (Å²) in [6.07, 6.45) is -0.275. The first-order valence-corrected chi connectivity index (χ1v) is 9.52. The summed E-state index contributed by atoms with van der Waals surface area (Å²) in [6.45, 7) is 11.3. The second-order valence-electron chi connectivity index (χ2n) is 8.85. The van der Waals surface area contributed by atoms with Crippen LogP contribution in [0.3, 0.4) is 0 Å². The molecule has 1 aliphatic heterocycles. The molecule has 11 heteroatoms. The molecule has 0 radical (unpaired) electrons. The van der Waals surface area contributed by atoms with E-state index in [1.165, 1.54) is 7.11 Å². The number of hydrogen-bond acceptors (Lipinski definition) is 9. The van der Waals surface area contributed by atoms with E-state index in [0.29, 0.717) is 29.2 Å². The molecule has 1 saturated heterocycles. The number of aromatic nitrogens is 4. The molecule has 164 valence electrons. The minimum atomic E-state index is -0.963. The van der Waals surface area contributed by atoms with E-state index >= 15 is 0 Å². The van der Waals surface area contributed by atoms with Gasteiger partial charge in [-0.05, 0) is 41.5 Å². The summed E-state index contributed by atoms with van der Waals surface area (Å²) in [5, 5.41) is 0. The standard InChI is InChI=1S/C19H27N5O6/c1-18(2,3)29-16(25)24(17(26)30-19(4,5)6)15-21-13-12(14(22-15)27-7)20-10-23(13)8-11-9-28-11/h10-11H,8-9H2,1-7H3/t11-/m1/s1. The summed E-state index contributed by atoms with van der Waals surface area (Å²) in [7, 11) is 1.42. The Morgan fingerprint density at radius 1 is 1.13 bits per heavy atom. The number of carbonyl (C=O) groups excluding carboxylic acids is 2. The Hall–Kier alpha value is -2.95. The summed E-state index contributed by atoms with van der Waals surface area (Å²) in [4.78, 5) is 39.3. The molecule has 0 spiro atoms. The van der Waals surface area contributed by atoms with Crippen LogP contribution in [-0.4, -0.2) is 62.7 Å². The van der Waals surface area contributed by atoms with Crippen LogP contribution in [0.4, 0.5) is 15.5 Å². The second kappa shape index (κ2) is 7.71. The minimum absolute atomic E-state index is 0.0691. The van der Waals surface area contributed by atoms with Crippen LogP contribution < -0.4 is 9.64 Å². The monoisotopic (exact) mass is 421 g/mol. The lowest BCUT2D eigenvalue weighted by Gasteiger charge is -2.27. The molecule has 0 unspecified atom stereocenters. The third kappa shape index (κ3) is 5.15. The van der Waals surface area contributed by atoms with Gasteiger partial charge in [0.25, 0.3) is 0 Å². The fraction of sp³-hybridized carbons (Fsp3) is 0.632.